The maximum absolute atomic E-state index is 14.1. The normalized spacial score (nSPS) is 20.7. The van der Waals surface area contributed by atoms with Crippen LogP contribution in [0.5, 0.6) is 0 Å². The van der Waals surface area contributed by atoms with Crippen molar-refractivity contribution in [2.75, 3.05) is 14.2 Å². The molecule has 0 bridgehead atoms. The van der Waals surface area contributed by atoms with Crippen LogP contribution in [-0.2, 0) is 55.0 Å². The van der Waals surface area contributed by atoms with Crippen LogP contribution in [0.25, 0.3) is 0 Å². The van der Waals surface area contributed by atoms with Gasteiger partial charge in [0.2, 0.25) is 0 Å². The zero-order valence-electron chi connectivity index (χ0n) is 30.8. The van der Waals surface area contributed by atoms with E-state index < -0.39 is 119 Å². The Hall–Kier alpha value is -3.78. The van der Waals surface area contributed by atoms with E-state index in [4.69, 9.17) is 9.47 Å². The zero-order chi connectivity index (χ0) is 39.6. The lowest BCUT2D eigenvalue weighted by molar-refractivity contribution is -0.148. The Balaban J connectivity index is 0.000000280. The van der Waals surface area contributed by atoms with Crippen molar-refractivity contribution in [1.82, 2.24) is 0 Å². The van der Waals surface area contributed by atoms with Crippen LogP contribution < -0.4 is 0 Å². The highest BCUT2D eigenvalue weighted by Gasteiger charge is 2.62. The topological polar surface area (TPSA) is 71.1 Å². The van der Waals surface area contributed by atoms with E-state index in [1.807, 2.05) is 67.5 Å². The second kappa shape index (κ2) is 16.5. The summed E-state index contributed by atoms with van der Waals surface area (Å²) in [6.45, 7) is 12.1. The van der Waals surface area contributed by atoms with Crippen LogP contribution >= 0.6 is 0 Å². The van der Waals surface area contributed by atoms with Gasteiger partial charge in [-0.05, 0) is 50.4 Å². The van der Waals surface area contributed by atoms with E-state index in [1.165, 1.54) is 0 Å². The summed E-state index contributed by atoms with van der Waals surface area (Å²) in [6, 6.07) is 0. The predicted octanol–water partition coefficient (Wildman–Crippen LogP) is 9.34. The van der Waals surface area contributed by atoms with E-state index in [0.29, 0.717) is 0 Å². The number of ether oxygens (including phenoxy) is 4. The largest absolute Gasteiger partial charge is 0.460 e. The van der Waals surface area contributed by atoms with Crippen molar-refractivity contribution in [2.45, 2.75) is 81.8 Å². The number of hydrogen-bond acceptors (Lipinski definition) is 6. The predicted molar refractivity (Wildman–Crippen MR) is 174 cm³/mol. The van der Waals surface area contributed by atoms with Gasteiger partial charge in [0.25, 0.3) is 0 Å². The molecule has 2 aliphatic carbocycles. The summed E-state index contributed by atoms with van der Waals surface area (Å²) < 4.78 is 131. The fraction of sp³-hybridized carbons (Fsp3) is 0.526. The monoisotopic (exact) mass is 748 g/mol. The first-order valence-electron chi connectivity index (χ1n) is 16.4. The number of esters is 2. The fourth-order valence-electron chi connectivity index (χ4n) is 6.30. The van der Waals surface area contributed by atoms with Gasteiger partial charge in [0, 0.05) is 14.2 Å². The molecule has 288 valence electrons. The summed E-state index contributed by atoms with van der Waals surface area (Å²) in [5.74, 6) is -14.9. The molecule has 4 rings (SSSR count). The molecule has 2 aliphatic rings. The van der Waals surface area contributed by atoms with Crippen LogP contribution in [0.3, 0.4) is 0 Å². The van der Waals surface area contributed by atoms with Gasteiger partial charge in [0.1, 0.15) is 13.2 Å². The molecule has 0 aliphatic heterocycles. The Morgan fingerprint density at radius 2 is 0.731 bits per heavy atom. The molecule has 6 nitrogen and oxygen atoms in total. The van der Waals surface area contributed by atoms with Crippen molar-refractivity contribution in [1.29, 1.82) is 0 Å². The fourth-order valence-corrected chi connectivity index (χ4v) is 6.30. The maximum Gasteiger partial charge on any atom is 0.310 e. The number of halogens is 8. The smallest absolute Gasteiger partial charge is 0.310 e. The van der Waals surface area contributed by atoms with E-state index in [1.54, 1.807) is 0 Å². The van der Waals surface area contributed by atoms with Gasteiger partial charge < -0.3 is 18.9 Å². The van der Waals surface area contributed by atoms with Gasteiger partial charge in [-0.3, -0.25) is 9.59 Å². The van der Waals surface area contributed by atoms with E-state index in [-0.39, 0.29) is 22.7 Å². The molecule has 2 aromatic rings. The molecule has 4 atom stereocenters. The van der Waals surface area contributed by atoms with Gasteiger partial charge in [-0.25, -0.2) is 35.1 Å². The molecule has 2 fully saturated rings. The minimum atomic E-state index is -1.58. The highest BCUT2D eigenvalue weighted by molar-refractivity contribution is 5.79. The summed E-state index contributed by atoms with van der Waals surface area (Å²) in [4.78, 5) is 24.5. The highest BCUT2D eigenvalue weighted by atomic mass is 19.2. The molecule has 0 N–H and O–H groups in total. The summed E-state index contributed by atoms with van der Waals surface area (Å²) in [6.07, 6.45) is 3.87. The number of carbonyl (C=O) groups is 2. The van der Waals surface area contributed by atoms with Gasteiger partial charge in [-0.2, -0.15) is 0 Å². The molecule has 0 unspecified atom stereocenters. The van der Waals surface area contributed by atoms with Crippen LogP contribution in [0.4, 0.5) is 35.1 Å². The molecule has 14 heteroatoms. The third-order valence-electron chi connectivity index (χ3n) is 9.54. The highest BCUT2D eigenvalue weighted by Crippen LogP contribution is 2.60. The number of methoxy groups -OCH3 is 2. The first-order valence-corrected chi connectivity index (χ1v) is 16.4. The Morgan fingerprint density at radius 1 is 0.500 bits per heavy atom. The van der Waals surface area contributed by atoms with Crippen LogP contribution in [0.15, 0.2) is 23.3 Å². The van der Waals surface area contributed by atoms with Crippen LogP contribution in [0.1, 0.15) is 77.6 Å². The molecule has 2 aromatic carbocycles. The van der Waals surface area contributed by atoms with Crippen LogP contribution in [-0.4, -0.2) is 26.2 Å². The standard InChI is InChI=1S/2C19H22F4O3/c2*1-9(2)6-12-13(19(12,3)4)18(24)26-8-11-16(22)14(20)10(7-25-5)15(21)17(11)23/h2*6,12-13H,7-8H2,1-5H3/t12-,13+;12-,13-/m00/s1. The first-order chi connectivity index (χ1) is 24.1. The Bertz CT molecular complexity index is 1570. The molecule has 0 amide bonds. The number of rotatable bonds is 12. The molecule has 0 spiro atoms. The van der Waals surface area contributed by atoms with E-state index in [2.05, 4.69) is 9.47 Å². The second-order valence-corrected chi connectivity index (χ2v) is 14.6. The number of carbonyl (C=O) groups excluding carboxylic acids is 2. The average Bonchev–Trinajstić information content (AvgIpc) is 3.82. The van der Waals surface area contributed by atoms with Crippen molar-refractivity contribution < 1.29 is 63.7 Å². The van der Waals surface area contributed by atoms with Gasteiger partial charge in [0.15, 0.2) is 46.5 Å². The Labute approximate surface area is 298 Å². The summed E-state index contributed by atoms with van der Waals surface area (Å²) in [5, 5.41) is 0. The number of allylic oxidation sites excluding steroid dienone is 4. The number of benzene rings is 2. The van der Waals surface area contributed by atoms with Crippen molar-refractivity contribution in [3.05, 3.63) is 92.1 Å². The summed E-state index contributed by atoms with van der Waals surface area (Å²) in [5.41, 5.74) is -2.21. The molecule has 2 saturated carbocycles. The molecule has 0 saturated heterocycles. The van der Waals surface area contributed by atoms with Crippen molar-refractivity contribution in [3.8, 4) is 0 Å². The van der Waals surface area contributed by atoms with Gasteiger partial charge in [-0.1, -0.05) is 51.0 Å². The lowest BCUT2D eigenvalue weighted by Crippen LogP contribution is -2.15. The van der Waals surface area contributed by atoms with Crippen molar-refractivity contribution >= 4 is 11.9 Å². The van der Waals surface area contributed by atoms with E-state index >= 15 is 0 Å². The minimum absolute atomic E-state index is 0.0488. The third-order valence-corrected chi connectivity index (χ3v) is 9.54. The van der Waals surface area contributed by atoms with Crippen molar-refractivity contribution in [2.24, 2.45) is 34.5 Å². The van der Waals surface area contributed by atoms with Gasteiger partial charge in [0.05, 0.1) is 47.3 Å². The maximum atomic E-state index is 14.1. The van der Waals surface area contributed by atoms with Crippen molar-refractivity contribution in [3.63, 3.8) is 0 Å². The quantitative estimate of drug-likeness (QED) is 0.0933. The zero-order valence-corrected chi connectivity index (χ0v) is 30.8. The summed E-state index contributed by atoms with van der Waals surface area (Å²) in [7, 11) is 2.29. The molecular formula is C38H44F8O6. The number of hydrogen-bond donors (Lipinski definition) is 0. The second-order valence-electron chi connectivity index (χ2n) is 14.6. The van der Waals surface area contributed by atoms with Gasteiger partial charge in [-0.15, -0.1) is 0 Å². The molecule has 0 aromatic heterocycles. The Kier molecular flexibility index (Phi) is 13.5. The third kappa shape index (κ3) is 8.70. The molecule has 0 radical (unpaired) electrons. The average molecular weight is 749 g/mol. The lowest BCUT2D eigenvalue weighted by atomic mass is 10.1. The lowest BCUT2D eigenvalue weighted by Gasteiger charge is -2.12. The summed E-state index contributed by atoms with van der Waals surface area (Å²) >= 11 is 0. The Morgan fingerprint density at radius 3 is 0.942 bits per heavy atom. The van der Waals surface area contributed by atoms with Crippen LogP contribution in [0.2, 0.25) is 0 Å². The molecular weight excluding hydrogens is 704 g/mol. The van der Waals surface area contributed by atoms with Crippen LogP contribution in [0, 0.1) is 81.0 Å². The van der Waals surface area contributed by atoms with E-state index in [9.17, 15) is 44.7 Å². The minimum Gasteiger partial charge on any atom is -0.460 e. The first kappa shape index (κ1) is 42.6. The SMILES string of the molecule is COCc1c(F)c(F)c(COC(=O)[C@@H]2[C@H](C=C(C)C)C2(C)C)c(F)c1F.COCc1c(F)c(F)c(COC(=O)[C@H]2[C@H](C=C(C)C)C2(C)C)c(F)c1F. The van der Waals surface area contributed by atoms with E-state index in [0.717, 1.165) is 25.4 Å². The van der Waals surface area contributed by atoms with Gasteiger partial charge >= 0.3 is 11.9 Å². The molecule has 0 heterocycles. The molecule has 52 heavy (non-hydrogen) atoms.